The Bertz CT molecular complexity index is 1450. The van der Waals surface area contributed by atoms with E-state index in [1.54, 1.807) is 24.3 Å². The van der Waals surface area contributed by atoms with Crippen LogP contribution in [0.3, 0.4) is 0 Å². The zero-order valence-electron chi connectivity index (χ0n) is 20.8. The first-order chi connectivity index (χ1) is 18.4. The van der Waals surface area contributed by atoms with Gasteiger partial charge in [0.15, 0.2) is 0 Å². The van der Waals surface area contributed by atoms with Crippen molar-refractivity contribution in [2.75, 3.05) is 19.6 Å². The molecule has 1 aliphatic heterocycles. The number of nitrogens with zero attached hydrogens (tertiary/aromatic N) is 2. The van der Waals surface area contributed by atoms with E-state index in [1.165, 1.54) is 36.1 Å². The smallest absolute Gasteiger partial charge is 0.351 e. The fraction of sp³-hybridized carbons (Fsp3) is 0.259. The van der Waals surface area contributed by atoms with Crippen molar-refractivity contribution in [2.45, 2.75) is 30.6 Å². The largest absolute Gasteiger partial charge is 0.416 e. The Morgan fingerprint density at radius 2 is 1.49 bits per heavy atom. The lowest BCUT2D eigenvalue weighted by Crippen LogP contribution is -2.61. The second-order valence-corrected chi connectivity index (χ2v) is 11.4. The summed E-state index contributed by atoms with van der Waals surface area (Å²) in [5.41, 5.74) is 1.21. The third kappa shape index (κ3) is 6.60. The Morgan fingerprint density at radius 1 is 0.923 bits per heavy atom. The number of rotatable bonds is 6. The molecule has 2 amide bonds. The van der Waals surface area contributed by atoms with Crippen molar-refractivity contribution in [1.82, 2.24) is 14.5 Å². The molecule has 0 saturated carbocycles. The number of halogens is 4. The fourth-order valence-corrected chi connectivity index (χ4v) is 5.97. The summed E-state index contributed by atoms with van der Waals surface area (Å²) in [5.74, 6) is -0.970. The number of hydrogen-bond donors (Lipinski definition) is 1. The van der Waals surface area contributed by atoms with Crippen LogP contribution in [0.25, 0.3) is 11.1 Å². The van der Waals surface area contributed by atoms with Gasteiger partial charge in [0.1, 0.15) is 6.04 Å². The summed E-state index contributed by atoms with van der Waals surface area (Å²) in [4.78, 5) is 26.6. The molecule has 1 atom stereocenters. The van der Waals surface area contributed by atoms with Gasteiger partial charge in [-0.25, -0.2) is 8.42 Å². The van der Waals surface area contributed by atoms with Gasteiger partial charge in [-0.3, -0.25) is 9.59 Å². The monoisotopic (exact) mass is 579 g/mol. The van der Waals surface area contributed by atoms with E-state index >= 15 is 0 Å². The predicted molar refractivity (Wildman–Crippen MR) is 140 cm³/mol. The van der Waals surface area contributed by atoms with Gasteiger partial charge in [0.25, 0.3) is 0 Å². The second-order valence-electron chi connectivity index (χ2n) is 9.04. The third-order valence-electron chi connectivity index (χ3n) is 6.47. The van der Waals surface area contributed by atoms with Crippen LogP contribution in [0.2, 0.25) is 5.02 Å². The first-order valence-corrected chi connectivity index (χ1v) is 13.8. The number of carbonyl (C=O) groups is 2. The van der Waals surface area contributed by atoms with Crippen LogP contribution < -0.4 is 5.32 Å². The Hall–Kier alpha value is -3.41. The Balaban J connectivity index is 1.53. The second kappa shape index (κ2) is 11.4. The lowest BCUT2D eigenvalue weighted by molar-refractivity contribution is -0.138. The number of carbonyl (C=O) groups excluding carboxylic acids is 2. The number of benzene rings is 3. The van der Waals surface area contributed by atoms with Gasteiger partial charge in [-0.1, -0.05) is 48.0 Å². The van der Waals surface area contributed by atoms with E-state index in [4.69, 9.17) is 11.6 Å². The number of piperazine rings is 1. The molecule has 1 unspecified atom stereocenters. The maximum Gasteiger partial charge on any atom is 0.416 e. The normalized spacial score (nSPS) is 16.6. The highest BCUT2D eigenvalue weighted by Crippen LogP contribution is 2.29. The molecule has 206 valence electrons. The van der Waals surface area contributed by atoms with E-state index in [2.05, 4.69) is 5.32 Å². The number of amides is 2. The fourth-order valence-electron chi connectivity index (χ4n) is 4.27. The van der Waals surface area contributed by atoms with Crippen LogP contribution in [0.1, 0.15) is 18.1 Å². The van der Waals surface area contributed by atoms with Crippen LogP contribution in [0.15, 0.2) is 77.7 Å². The molecule has 39 heavy (non-hydrogen) atoms. The van der Waals surface area contributed by atoms with E-state index in [9.17, 15) is 31.2 Å². The molecule has 1 heterocycles. The van der Waals surface area contributed by atoms with Crippen molar-refractivity contribution in [1.29, 1.82) is 0 Å². The average molecular weight is 580 g/mol. The summed E-state index contributed by atoms with van der Waals surface area (Å²) in [7, 11) is -4.13. The molecule has 0 aromatic heterocycles. The molecule has 0 spiro atoms. The molecule has 1 saturated heterocycles. The van der Waals surface area contributed by atoms with Crippen LogP contribution >= 0.6 is 11.6 Å². The molecule has 1 aliphatic rings. The van der Waals surface area contributed by atoms with Gasteiger partial charge in [0.05, 0.1) is 10.5 Å². The van der Waals surface area contributed by atoms with Gasteiger partial charge in [-0.05, 0) is 53.1 Å². The SMILES string of the molecule is CC(=O)N1CCN(S(=O)(=O)c2ccc(-c3ccc(Cl)cc3)cc2)C(C(=O)NCc2ccc(C(F)(F)F)cc2)C1. The summed E-state index contributed by atoms with van der Waals surface area (Å²) in [6, 6.07) is 16.4. The molecular weight excluding hydrogens is 555 g/mol. The summed E-state index contributed by atoms with van der Waals surface area (Å²) in [6.07, 6.45) is -4.48. The van der Waals surface area contributed by atoms with E-state index < -0.39 is 33.7 Å². The van der Waals surface area contributed by atoms with Crippen molar-refractivity contribution < 1.29 is 31.2 Å². The van der Waals surface area contributed by atoms with Crippen molar-refractivity contribution in [3.63, 3.8) is 0 Å². The Morgan fingerprint density at radius 3 is 2.03 bits per heavy atom. The zero-order chi connectivity index (χ0) is 28.4. The number of nitrogens with one attached hydrogen (secondary N) is 1. The maximum atomic E-state index is 13.6. The molecule has 1 fully saturated rings. The lowest BCUT2D eigenvalue weighted by Gasteiger charge is -2.39. The molecular formula is C27H25ClF3N3O4S. The molecule has 0 radical (unpaired) electrons. The van der Waals surface area contributed by atoms with Gasteiger partial charge >= 0.3 is 6.18 Å². The van der Waals surface area contributed by atoms with Crippen molar-refractivity contribution >= 4 is 33.4 Å². The first kappa shape index (κ1) is 28.6. The molecule has 7 nitrogen and oxygen atoms in total. The molecule has 12 heteroatoms. The highest BCUT2D eigenvalue weighted by molar-refractivity contribution is 7.89. The highest BCUT2D eigenvalue weighted by Gasteiger charge is 2.40. The summed E-state index contributed by atoms with van der Waals surface area (Å²) >= 11 is 5.94. The maximum absolute atomic E-state index is 13.6. The minimum absolute atomic E-state index is 0.0166. The van der Waals surface area contributed by atoms with E-state index in [0.29, 0.717) is 10.6 Å². The molecule has 3 aromatic rings. The Labute approximate surface area is 229 Å². The van der Waals surface area contributed by atoms with Gasteiger partial charge in [-0.2, -0.15) is 17.5 Å². The molecule has 0 bridgehead atoms. The molecule has 3 aromatic carbocycles. The first-order valence-electron chi connectivity index (χ1n) is 11.9. The third-order valence-corrected chi connectivity index (χ3v) is 8.64. The summed E-state index contributed by atoms with van der Waals surface area (Å²) in [6.45, 7) is 1.07. The summed E-state index contributed by atoms with van der Waals surface area (Å²) < 4.78 is 66.7. The van der Waals surface area contributed by atoms with Crippen LogP contribution in [0.5, 0.6) is 0 Å². The van der Waals surface area contributed by atoms with Crippen LogP contribution in [-0.2, 0) is 32.3 Å². The van der Waals surface area contributed by atoms with Crippen molar-refractivity contribution in [3.05, 3.63) is 88.9 Å². The predicted octanol–water partition coefficient (Wildman–Crippen LogP) is 4.56. The number of alkyl halides is 3. The van der Waals surface area contributed by atoms with E-state index in [1.807, 2.05) is 12.1 Å². The zero-order valence-corrected chi connectivity index (χ0v) is 22.4. The highest BCUT2D eigenvalue weighted by atomic mass is 35.5. The molecule has 1 N–H and O–H groups in total. The average Bonchev–Trinajstić information content (AvgIpc) is 2.91. The minimum Gasteiger partial charge on any atom is -0.351 e. The number of sulfonamides is 1. The van der Waals surface area contributed by atoms with Crippen molar-refractivity contribution in [2.24, 2.45) is 0 Å². The van der Waals surface area contributed by atoms with Gasteiger partial charge < -0.3 is 10.2 Å². The summed E-state index contributed by atoms with van der Waals surface area (Å²) in [5, 5.41) is 3.17. The Kier molecular flexibility index (Phi) is 8.34. The van der Waals surface area contributed by atoms with Crippen LogP contribution in [0, 0.1) is 0 Å². The van der Waals surface area contributed by atoms with Crippen LogP contribution in [-0.4, -0.2) is 55.1 Å². The van der Waals surface area contributed by atoms with E-state index in [-0.39, 0.29) is 37.0 Å². The quantitative estimate of drug-likeness (QED) is 0.464. The standard InChI is InChI=1S/C27H25ClF3N3O4S/c1-18(35)33-14-15-34(25(17-33)26(36)32-16-19-2-8-22(9-3-19)27(29,30)31)39(37,38)24-12-6-21(7-13-24)20-4-10-23(28)11-5-20/h2-13,25H,14-17H2,1H3,(H,32,36). The molecule has 4 rings (SSSR count). The van der Waals surface area contributed by atoms with Crippen LogP contribution in [0.4, 0.5) is 13.2 Å². The number of hydrogen-bond acceptors (Lipinski definition) is 4. The van der Waals surface area contributed by atoms with Gasteiger partial charge in [0.2, 0.25) is 21.8 Å². The lowest BCUT2D eigenvalue weighted by atomic mass is 10.1. The van der Waals surface area contributed by atoms with Gasteiger partial charge in [-0.15, -0.1) is 0 Å². The van der Waals surface area contributed by atoms with Crippen molar-refractivity contribution in [3.8, 4) is 11.1 Å². The minimum atomic E-state index is -4.48. The van der Waals surface area contributed by atoms with E-state index in [0.717, 1.165) is 27.6 Å². The van der Waals surface area contributed by atoms with Gasteiger partial charge in [0, 0.05) is 38.1 Å². The molecule has 0 aliphatic carbocycles. The topological polar surface area (TPSA) is 86.8 Å².